The molecule has 0 atom stereocenters. The van der Waals surface area contributed by atoms with Crippen molar-refractivity contribution in [1.82, 2.24) is 14.9 Å². The van der Waals surface area contributed by atoms with Gasteiger partial charge in [0.2, 0.25) is 0 Å². The number of benzene rings is 2. The van der Waals surface area contributed by atoms with Gasteiger partial charge in [-0.25, -0.2) is 0 Å². The maximum absolute atomic E-state index is 13.0. The molecule has 5 nitrogen and oxygen atoms in total. The van der Waals surface area contributed by atoms with Gasteiger partial charge in [0, 0.05) is 6.54 Å². The number of ether oxygens (including phenoxy) is 1. The maximum atomic E-state index is 13.0. The Balaban J connectivity index is 1.72. The molecule has 0 fully saturated rings. The van der Waals surface area contributed by atoms with Gasteiger partial charge < -0.3 is 19.6 Å². The van der Waals surface area contributed by atoms with Crippen LogP contribution in [-0.4, -0.2) is 40.1 Å². The van der Waals surface area contributed by atoms with E-state index in [1.54, 1.807) is 42.5 Å². The van der Waals surface area contributed by atoms with E-state index in [1.807, 2.05) is 6.92 Å². The first-order valence-electron chi connectivity index (χ1n) is 8.49. The molecule has 1 aromatic heterocycles. The van der Waals surface area contributed by atoms with Crippen LogP contribution in [0.5, 0.6) is 5.75 Å². The molecule has 3 rings (SSSR count). The molecule has 0 spiro atoms. The van der Waals surface area contributed by atoms with Crippen LogP contribution in [0.1, 0.15) is 11.1 Å². The number of amides is 1. The maximum Gasteiger partial charge on any atom is 0.471 e. The highest BCUT2D eigenvalue weighted by Crippen LogP contribution is 2.23. The van der Waals surface area contributed by atoms with Crippen LogP contribution in [0, 0.1) is 11.7 Å². The summed E-state index contributed by atoms with van der Waals surface area (Å²) in [5.41, 5.74) is 2.95. The van der Waals surface area contributed by atoms with E-state index in [9.17, 15) is 18.0 Å². The lowest BCUT2D eigenvalue weighted by molar-refractivity contribution is -0.186. The van der Waals surface area contributed by atoms with Gasteiger partial charge in [0.15, 0.2) is 4.77 Å². The van der Waals surface area contributed by atoms with Gasteiger partial charge in [-0.05, 0) is 36.8 Å². The van der Waals surface area contributed by atoms with Crippen LogP contribution in [0.15, 0.2) is 42.5 Å². The van der Waals surface area contributed by atoms with Crippen molar-refractivity contribution in [1.29, 1.82) is 0 Å². The normalized spacial score (nSPS) is 11.6. The summed E-state index contributed by atoms with van der Waals surface area (Å²) in [6.45, 7) is 1.41. The Bertz CT molecular complexity index is 1030. The smallest absolute Gasteiger partial charge is 0.471 e. The highest BCUT2D eigenvalue weighted by molar-refractivity contribution is 7.71. The van der Waals surface area contributed by atoms with Crippen molar-refractivity contribution < 1.29 is 22.7 Å². The van der Waals surface area contributed by atoms with Gasteiger partial charge in [-0.15, -0.1) is 0 Å². The number of aromatic nitrogens is 2. The fraction of sp³-hybridized carbons (Fsp3) is 0.263. The molecule has 3 aromatic rings. The Kier molecular flexibility index (Phi) is 5.73. The summed E-state index contributed by atoms with van der Waals surface area (Å²) >= 11 is 5.04. The number of carbonyl (C=O) groups is 1. The van der Waals surface area contributed by atoms with E-state index >= 15 is 0 Å². The second-order valence-electron chi connectivity index (χ2n) is 6.32. The number of nitrogens with zero attached hydrogens (tertiary/aromatic N) is 1. The fourth-order valence-electron chi connectivity index (χ4n) is 2.76. The summed E-state index contributed by atoms with van der Waals surface area (Å²) in [6.07, 6.45) is -4.95. The lowest BCUT2D eigenvalue weighted by Crippen LogP contribution is -2.42. The monoisotopic (exact) mass is 409 g/mol. The Morgan fingerprint density at radius 2 is 1.86 bits per heavy atom. The number of halogens is 3. The number of fused-ring (bicyclic) bond motifs is 1. The molecule has 0 unspecified atom stereocenters. The number of alkyl halides is 3. The molecule has 9 heteroatoms. The summed E-state index contributed by atoms with van der Waals surface area (Å²) in [5.74, 6) is -1.45. The third-order valence-corrected chi connectivity index (χ3v) is 4.36. The second-order valence-corrected chi connectivity index (χ2v) is 6.72. The topological polar surface area (TPSA) is 61.1 Å². The minimum Gasteiger partial charge on any atom is -0.489 e. The van der Waals surface area contributed by atoms with E-state index < -0.39 is 12.1 Å². The molecule has 0 saturated heterocycles. The second kappa shape index (κ2) is 8.05. The number of nitrogens with one attached hydrogen (secondary N) is 2. The van der Waals surface area contributed by atoms with Gasteiger partial charge in [-0.3, -0.25) is 4.79 Å². The average molecular weight is 409 g/mol. The number of H-pyrrole nitrogens is 2. The van der Waals surface area contributed by atoms with Gasteiger partial charge in [0.1, 0.15) is 17.9 Å². The zero-order chi connectivity index (χ0) is 20.3. The molecular formula is C19H18F3N3O2S. The first-order valence-corrected chi connectivity index (χ1v) is 8.90. The highest BCUT2D eigenvalue weighted by Gasteiger charge is 2.42. The van der Waals surface area contributed by atoms with Gasteiger partial charge >= 0.3 is 12.1 Å². The molecule has 1 heterocycles. The van der Waals surface area contributed by atoms with Crippen molar-refractivity contribution >= 4 is 29.2 Å². The van der Waals surface area contributed by atoms with Crippen LogP contribution >= 0.6 is 12.2 Å². The fourth-order valence-corrected chi connectivity index (χ4v) is 2.97. The number of rotatable bonds is 6. The minimum atomic E-state index is -4.95. The number of para-hydroxylation sites is 1. The highest BCUT2D eigenvalue weighted by atomic mass is 32.1. The molecular weight excluding hydrogens is 391 g/mol. The summed E-state index contributed by atoms with van der Waals surface area (Å²) in [7, 11) is 0. The van der Waals surface area contributed by atoms with E-state index in [2.05, 4.69) is 9.97 Å². The molecule has 0 aliphatic rings. The number of hydrogen-bond donors (Lipinski definition) is 2. The zero-order valence-electron chi connectivity index (χ0n) is 15.0. The van der Waals surface area contributed by atoms with Crippen LogP contribution in [0.3, 0.4) is 0 Å². The third kappa shape index (κ3) is 4.72. The molecule has 0 aliphatic carbocycles. The molecule has 1 amide bonds. The van der Waals surface area contributed by atoms with Gasteiger partial charge in [-0.2, -0.15) is 13.2 Å². The Hall–Kier alpha value is -2.81. The van der Waals surface area contributed by atoms with Crippen LogP contribution in [0.2, 0.25) is 0 Å². The summed E-state index contributed by atoms with van der Waals surface area (Å²) in [6, 6.07) is 12.2. The number of imidazole rings is 1. The van der Waals surface area contributed by atoms with Crippen molar-refractivity contribution in [3.63, 3.8) is 0 Å². The van der Waals surface area contributed by atoms with Crippen molar-refractivity contribution in [2.24, 2.45) is 0 Å². The molecule has 28 heavy (non-hydrogen) atoms. The van der Waals surface area contributed by atoms with E-state index in [1.165, 1.54) is 0 Å². The quantitative estimate of drug-likeness (QED) is 0.589. The largest absolute Gasteiger partial charge is 0.489 e. The third-order valence-electron chi connectivity index (χ3n) is 4.16. The zero-order valence-corrected chi connectivity index (χ0v) is 15.8. The molecule has 0 aliphatic heterocycles. The minimum absolute atomic E-state index is 0.0986. The Labute approximate surface area is 164 Å². The first-order chi connectivity index (χ1) is 13.2. The first kappa shape index (κ1) is 19.9. The van der Waals surface area contributed by atoms with Crippen LogP contribution < -0.4 is 4.74 Å². The molecule has 0 saturated carbocycles. The molecule has 148 valence electrons. The molecule has 0 bridgehead atoms. The van der Waals surface area contributed by atoms with Gasteiger partial charge in [0.05, 0.1) is 12.1 Å². The van der Waals surface area contributed by atoms with E-state index in [4.69, 9.17) is 17.0 Å². The Morgan fingerprint density at radius 1 is 1.14 bits per heavy atom. The van der Waals surface area contributed by atoms with Gasteiger partial charge in [-0.1, -0.05) is 35.9 Å². The Morgan fingerprint density at radius 3 is 2.54 bits per heavy atom. The number of carbonyl (C=O) groups excluding carboxylic acids is 1. The van der Waals surface area contributed by atoms with Crippen molar-refractivity contribution in [2.75, 3.05) is 13.2 Å². The van der Waals surface area contributed by atoms with E-state index in [0.29, 0.717) is 21.6 Å². The summed E-state index contributed by atoms with van der Waals surface area (Å²) in [5, 5.41) is 0. The predicted octanol–water partition coefficient (Wildman–Crippen LogP) is 4.50. The summed E-state index contributed by atoms with van der Waals surface area (Å²) < 4.78 is 45.0. The van der Waals surface area contributed by atoms with Crippen LogP contribution in [-0.2, 0) is 11.3 Å². The van der Waals surface area contributed by atoms with Crippen LogP contribution in [0.4, 0.5) is 13.2 Å². The predicted molar refractivity (Wildman–Crippen MR) is 102 cm³/mol. The van der Waals surface area contributed by atoms with Crippen molar-refractivity contribution in [3.8, 4) is 5.75 Å². The standard InChI is InChI=1S/C19H18F3N3O2S/c1-12-5-7-13(8-6-12)11-25(17(26)19(20,21)22)9-10-27-15-4-2-3-14-16(15)24-18(28)23-14/h2-8H,9-11H2,1H3,(H2,23,24,28). The average Bonchev–Trinajstić information content (AvgIpc) is 3.02. The molecule has 2 N–H and O–H groups in total. The molecule has 2 aromatic carbocycles. The van der Waals surface area contributed by atoms with Crippen LogP contribution in [0.25, 0.3) is 11.0 Å². The van der Waals surface area contributed by atoms with E-state index in [0.717, 1.165) is 16.0 Å². The van der Waals surface area contributed by atoms with Gasteiger partial charge in [0.25, 0.3) is 0 Å². The number of aromatic amines is 2. The van der Waals surface area contributed by atoms with E-state index in [-0.39, 0.29) is 19.7 Å². The lowest BCUT2D eigenvalue weighted by Gasteiger charge is -2.24. The molecule has 0 radical (unpaired) electrons. The van der Waals surface area contributed by atoms with Crippen molar-refractivity contribution in [2.45, 2.75) is 19.6 Å². The van der Waals surface area contributed by atoms with Crippen molar-refractivity contribution in [3.05, 3.63) is 58.4 Å². The number of hydrogen-bond acceptors (Lipinski definition) is 3. The lowest BCUT2D eigenvalue weighted by atomic mass is 10.1. The summed E-state index contributed by atoms with van der Waals surface area (Å²) in [4.78, 5) is 18.4. The number of aryl methyl sites for hydroxylation is 1. The SMILES string of the molecule is Cc1ccc(CN(CCOc2cccc3[nH]c(=S)[nH]c23)C(=O)C(F)(F)F)cc1.